The maximum absolute atomic E-state index is 13.2. The van der Waals surface area contributed by atoms with Crippen molar-refractivity contribution in [3.63, 3.8) is 0 Å². The number of nitrogens with one attached hydrogen (secondary N) is 1. The van der Waals surface area contributed by atoms with Crippen molar-refractivity contribution >= 4 is 22.4 Å². The fraction of sp³-hybridized carbons (Fsp3) is 0.316. The van der Waals surface area contributed by atoms with Crippen molar-refractivity contribution in [3.05, 3.63) is 41.7 Å². The van der Waals surface area contributed by atoms with Gasteiger partial charge in [0.2, 0.25) is 0 Å². The number of hydrogen-bond donors (Lipinski definition) is 2. The van der Waals surface area contributed by atoms with Gasteiger partial charge in [-0.1, -0.05) is 0 Å². The van der Waals surface area contributed by atoms with Crippen LogP contribution >= 0.6 is 0 Å². The second-order valence-corrected chi connectivity index (χ2v) is 6.66. The van der Waals surface area contributed by atoms with E-state index in [9.17, 15) is 4.79 Å². The van der Waals surface area contributed by atoms with Crippen molar-refractivity contribution in [1.29, 1.82) is 0 Å². The molecule has 0 atom stereocenters. The topological polar surface area (TPSA) is 83.3 Å². The summed E-state index contributed by atoms with van der Waals surface area (Å²) in [6, 6.07) is 5.63. The minimum absolute atomic E-state index is 0.00112. The molecule has 7 heteroatoms. The summed E-state index contributed by atoms with van der Waals surface area (Å²) in [5, 5.41) is 18.0. The SMILES string of the molecule is CN(C)CCn1nc2c3c(c(NCCO)ccc31)C(=O)c1ccncc1-2. The highest BCUT2D eigenvalue weighted by Gasteiger charge is 2.31. The smallest absolute Gasteiger partial charge is 0.196 e. The molecule has 0 saturated heterocycles. The van der Waals surface area contributed by atoms with Gasteiger partial charge in [0.05, 0.1) is 24.2 Å². The molecular weight excluding hydrogens is 330 g/mol. The Morgan fingerprint density at radius 3 is 2.85 bits per heavy atom. The lowest BCUT2D eigenvalue weighted by Crippen LogP contribution is -2.19. The van der Waals surface area contributed by atoms with Gasteiger partial charge in [0.1, 0.15) is 5.69 Å². The van der Waals surface area contributed by atoms with Crippen LogP contribution in [-0.4, -0.2) is 64.3 Å². The molecule has 0 radical (unpaired) electrons. The van der Waals surface area contributed by atoms with E-state index in [1.54, 1.807) is 18.5 Å². The number of carbonyl (C=O) groups is 1. The molecule has 2 heterocycles. The Labute approximate surface area is 151 Å². The fourth-order valence-electron chi connectivity index (χ4n) is 3.41. The second-order valence-electron chi connectivity index (χ2n) is 6.66. The van der Waals surface area contributed by atoms with Crippen molar-refractivity contribution < 1.29 is 9.90 Å². The monoisotopic (exact) mass is 351 g/mol. The van der Waals surface area contributed by atoms with Crippen LogP contribution in [0.5, 0.6) is 0 Å². The molecule has 3 aromatic rings. The number of aliphatic hydroxyl groups is 1. The van der Waals surface area contributed by atoms with E-state index < -0.39 is 0 Å². The molecular formula is C19H21N5O2. The van der Waals surface area contributed by atoms with Gasteiger partial charge in [-0.15, -0.1) is 0 Å². The first kappa shape index (κ1) is 16.7. The van der Waals surface area contributed by atoms with Gasteiger partial charge < -0.3 is 15.3 Å². The molecule has 0 bridgehead atoms. The van der Waals surface area contributed by atoms with Gasteiger partial charge in [-0.2, -0.15) is 5.10 Å². The number of benzene rings is 1. The van der Waals surface area contributed by atoms with Crippen molar-refractivity contribution in [3.8, 4) is 11.3 Å². The van der Waals surface area contributed by atoms with Crippen LogP contribution in [0.3, 0.4) is 0 Å². The minimum Gasteiger partial charge on any atom is -0.395 e. The Morgan fingerprint density at radius 1 is 1.23 bits per heavy atom. The summed E-state index contributed by atoms with van der Waals surface area (Å²) >= 11 is 0. The zero-order valence-corrected chi connectivity index (χ0v) is 14.9. The van der Waals surface area contributed by atoms with Gasteiger partial charge in [-0.25, -0.2) is 0 Å². The Kier molecular flexibility index (Phi) is 4.18. The average Bonchev–Trinajstić information content (AvgIpc) is 3.02. The summed E-state index contributed by atoms with van der Waals surface area (Å²) in [5.41, 5.74) is 4.48. The lowest BCUT2D eigenvalue weighted by Gasteiger charge is -2.18. The first-order valence-corrected chi connectivity index (χ1v) is 8.64. The summed E-state index contributed by atoms with van der Waals surface area (Å²) < 4.78 is 1.96. The number of aromatic nitrogens is 3. The first-order chi connectivity index (χ1) is 12.6. The van der Waals surface area contributed by atoms with E-state index in [1.807, 2.05) is 30.9 Å². The fourth-order valence-corrected chi connectivity index (χ4v) is 3.41. The van der Waals surface area contributed by atoms with Crippen LogP contribution in [-0.2, 0) is 6.54 Å². The molecule has 0 saturated carbocycles. The van der Waals surface area contributed by atoms with Gasteiger partial charge in [0, 0.05) is 47.7 Å². The second kappa shape index (κ2) is 6.51. The normalized spacial score (nSPS) is 12.7. The number of nitrogens with zero attached hydrogens (tertiary/aromatic N) is 4. The van der Waals surface area contributed by atoms with Crippen molar-refractivity contribution in [2.75, 3.05) is 39.1 Å². The molecule has 0 spiro atoms. The lowest BCUT2D eigenvalue weighted by molar-refractivity contribution is 0.104. The molecule has 4 rings (SSSR count). The van der Waals surface area contributed by atoms with E-state index in [2.05, 4.69) is 15.2 Å². The standard InChI is InChI=1S/C19H21N5O2/c1-23(2)8-9-24-15-4-3-14(21-7-10-25)16-17(15)18(22-24)13-11-20-6-5-12(13)19(16)26/h3-6,11,21,25H,7-10H2,1-2H3. The Morgan fingerprint density at radius 2 is 2.08 bits per heavy atom. The number of likely N-dealkylation sites (N-methyl/N-ethyl adjacent to an activating group) is 1. The van der Waals surface area contributed by atoms with E-state index in [4.69, 9.17) is 10.2 Å². The van der Waals surface area contributed by atoms with E-state index in [0.717, 1.165) is 40.9 Å². The number of fused-ring (bicyclic) bond motifs is 2. The third-order valence-corrected chi connectivity index (χ3v) is 4.65. The van der Waals surface area contributed by atoms with Gasteiger partial charge in [0.25, 0.3) is 0 Å². The molecule has 2 N–H and O–H groups in total. The third-order valence-electron chi connectivity index (χ3n) is 4.65. The van der Waals surface area contributed by atoms with Crippen LogP contribution in [0.1, 0.15) is 15.9 Å². The minimum atomic E-state index is -0.0342. The number of hydrogen-bond acceptors (Lipinski definition) is 6. The highest BCUT2D eigenvalue weighted by Crippen LogP contribution is 2.41. The number of pyridine rings is 1. The zero-order chi connectivity index (χ0) is 18.3. The molecule has 0 amide bonds. The van der Waals surface area contributed by atoms with E-state index in [1.165, 1.54) is 0 Å². The lowest BCUT2D eigenvalue weighted by atomic mass is 9.87. The molecule has 7 nitrogen and oxygen atoms in total. The maximum Gasteiger partial charge on any atom is 0.196 e. The van der Waals surface area contributed by atoms with Crippen molar-refractivity contribution in [1.82, 2.24) is 19.7 Å². The van der Waals surface area contributed by atoms with Crippen LogP contribution in [0, 0.1) is 0 Å². The van der Waals surface area contributed by atoms with Crippen molar-refractivity contribution in [2.45, 2.75) is 6.54 Å². The maximum atomic E-state index is 13.2. The summed E-state index contributed by atoms with van der Waals surface area (Å²) in [6.07, 6.45) is 3.34. The Bertz CT molecular complexity index is 993. The van der Waals surface area contributed by atoms with E-state index in [0.29, 0.717) is 17.7 Å². The number of rotatable bonds is 6. The molecule has 1 aromatic carbocycles. The third kappa shape index (κ3) is 2.56. The van der Waals surface area contributed by atoms with Gasteiger partial charge in [0.15, 0.2) is 5.78 Å². The Balaban J connectivity index is 1.96. The Hall–Kier alpha value is -2.77. The van der Waals surface area contributed by atoms with Crippen LogP contribution in [0.4, 0.5) is 5.69 Å². The zero-order valence-electron chi connectivity index (χ0n) is 14.9. The molecule has 1 aliphatic rings. The number of anilines is 1. The van der Waals surface area contributed by atoms with E-state index in [-0.39, 0.29) is 12.4 Å². The average molecular weight is 351 g/mol. The summed E-state index contributed by atoms with van der Waals surface area (Å²) in [6.45, 7) is 1.97. The highest BCUT2D eigenvalue weighted by atomic mass is 16.3. The van der Waals surface area contributed by atoms with Crippen LogP contribution in [0.2, 0.25) is 0 Å². The highest BCUT2D eigenvalue weighted by molar-refractivity contribution is 6.27. The molecule has 0 aliphatic heterocycles. The quantitative estimate of drug-likeness (QED) is 0.549. The molecule has 26 heavy (non-hydrogen) atoms. The summed E-state index contributed by atoms with van der Waals surface area (Å²) in [4.78, 5) is 19.5. The van der Waals surface area contributed by atoms with Gasteiger partial charge in [-0.3, -0.25) is 14.5 Å². The largest absolute Gasteiger partial charge is 0.395 e. The predicted octanol–water partition coefficient (Wildman–Crippen LogP) is 1.61. The molecule has 0 unspecified atom stereocenters. The molecule has 134 valence electrons. The molecule has 1 aliphatic carbocycles. The van der Waals surface area contributed by atoms with Crippen molar-refractivity contribution in [2.24, 2.45) is 0 Å². The van der Waals surface area contributed by atoms with Crippen LogP contribution in [0.15, 0.2) is 30.6 Å². The van der Waals surface area contributed by atoms with Crippen LogP contribution in [0.25, 0.3) is 22.2 Å². The summed E-state index contributed by atoms with van der Waals surface area (Å²) in [7, 11) is 4.05. The molecule has 0 fully saturated rings. The summed E-state index contributed by atoms with van der Waals surface area (Å²) in [5.74, 6) is -0.0342. The van der Waals surface area contributed by atoms with Gasteiger partial charge in [-0.05, 0) is 32.3 Å². The molecule has 2 aromatic heterocycles. The van der Waals surface area contributed by atoms with Crippen LogP contribution < -0.4 is 5.32 Å². The number of ketones is 1. The first-order valence-electron chi connectivity index (χ1n) is 8.64. The van der Waals surface area contributed by atoms with Gasteiger partial charge >= 0.3 is 0 Å². The predicted molar refractivity (Wildman–Crippen MR) is 101 cm³/mol. The van der Waals surface area contributed by atoms with E-state index >= 15 is 0 Å². The number of aliphatic hydroxyl groups excluding tert-OH is 1. The number of carbonyl (C=O) groups excluding carboxylic acids is 1.